The molecule has 4 rings (SSSR count). The number of hydrogen-bond donors (Lipinski definition) is 0. The van der Waals surface area contributed by atoms with Crippen LogP contribution in [0.3, 0.4) is 0 Å². The summed E-state index contributed by atoms with van der Waals surface area (Å²) in [6.45, 7) is 5.91. The summed E-state index contributed by atoms with van der Waals surface area (Å²) in [6.07, 6.45) is 5.63. The van der Waals surface area contributed by atoms with Gasteiger partial charge < -0.3 is 14.7 Å². The Hall–Kier alpha value is -2.15. The summed E-state index contributed by atoms with van der Waals surface area (Å²) in [5.41, 5.74) is 0.614. The molecule has 1 aliphatic carbocycles. The molecule has 6 nitrogen and oxygen atoms in total. The van der Waals surface area contributed by atoms with Crippen LogP contribution in [0.4, 0.5) is 10.1 Å². The minimum absolute atomic E-state index is 0.133. The molecule has 2 heterocycles. The van der Waals surface area contributed by atoms with Crippen molar-refractivity contribution < 1.29 is 14.0 Å². The largest absolute Gasteiger partial charge is 0.366 e. The van der Waals surface area contributed by atoms with Crippen LogP contribution >= 0.6 is 0 Å². The van der Waals surface area contributed by atoms with Gasteiger partial charge in [0.05, 0.1) is 12.2 Å². The maximum atomic E-state index is 14.0. The van der Waals surface area contributed by atoms with Crippen LogP contribution in [0.2, 0.25) is 0 Å². The lowest BCUT2D eigenvalue weighted by Crippen LogP contribution is -2.54. The van der Waals surface area contributed by atoms with Crippen molar-refractivity contribution >= 4 is 17.5 Å². The first-order chi connectivity index (χ1) is 14.6. The van der Waals surface area contributed by atoms with Gasteiger partial charge in [-0.3, -0.25) is 14.5 Å². The Morgan fingerprint density at radius 1 is 0.833 bits per heavy atom. The fourth-order valence-corrected chi connectivity index (χ4v) is 4.94. The lowest BCUT2D eigenvalue weighted by molar-refractivity contribution is -0.135. The summed E-state index contributed by atoms with van der Waals surface area (Å²) >= 11 is 0. The van der Waals surface area contributed by atoms with E-state index in [4.69, 9.17) is 0 Å². The van der Waals surface area contributed by atoms with Gasteiger partial charge in [-0.15, -0.1) is 0 Å². The van der Waals surface area contributed by atoms with E-state index in [-0.39, 0.29) is 17.6 Å². The molecule has 1 saturated carbocycles. The van der Waals surface area contributed by atoms with Crippen LogP contribution in [0.1, 0.15) is 32.1 Å². The maximum Gasteiger partial charge on any atom is 0.236 e. The number of rotatable bonds is 5. The molecular weight excluding hydrogens is 383 g/mol. The number of halogens is 1. The van der Waals surface area contributed by atoms with Crippen molar-refractivity contribution in [2.24, 2.45) is 5.92 Å². The Morgan fingerprint density at radius 3 is 2.10 bits per heavy atom. The second-order valence-corrected chi connectivity index (χ2v) is 8.83. The summed E-state index contributed by atoms with van der Waals surface area (Å²) in [5, 5.41) is 0. The van der Waals surface area contributed by atoms with Gasteiger partial charge in [-0.05, 0) is 30.9 Å². The molecule has 0 atom stereocenters. The number of hydrogen-bond acceptors (Lipinski definition) is 4. The second-order valence-electron chi connectivity index (χ2n) is 8.83. The monoisotopic (exact) mass is 416 g/mol. The topological polar surface area (TPSA) is 47.1 Å². The molecule has 164 valence electrons. The number of benzene rings is 1. The molecule has 0 bridgehead atoms. The Balaban J connectivity index is 1.18. The number of para-hydroxylation sites is 1. The summed E-state index contributed by atoms with van der Waals surface area (Å²) < 4.78 is 14.0. The zero-order valence-corrected chi connectivity index (χ0v) is 17.8. The van der Waals surface area contributed by atoms with E-state index >= 15 is 0 Å². The van der Waals surface area contributed by atoms with Gasteiger partial charge in [0, 0.05) is 58.8 Å². The SMILES string of the molecule is O=C(CC1CCCC1)N1CCN(CC(=O)N2CCN(c3ccccc3F)CC2)CC1. The Morgan fingerprint density at radius 2 is 1.43 bits per heavy atom. The molecule has 0 unspecified atom stereocenters. The Labute approximate surface area is 178 Å². The van der Waals surface area contributed by atoms with Crippen LogP contribution in [0.25, 0.3) is 0 Å². The number of carbonyl (C=O) groups is 2. The van der Waals surface area contributed by atoms with Crippen LogP contribution in [-0.2, 0) is 9.59 Å². The van der Waals surface area contributed by atoms with Crippen molar-refractivity contribution in [3.63, 3.8) is 0 Å². The summed E-state index contributed by atoms with van der Waals surface area (Å²) in [7, 11) is 0. The van der Waals surface area contributed by atoms with E-state index < -0.39 is 0 Å². The highest BCUT2D eigenvalue weighted by molar-refractivity contribution is 5.79. The third-order valence-corrected chi connectivity index (χ3v) is 6.85. The first kappa shape index (κ1) is 21.1. The molecular formula is C23H33FN4O2. The average molecular weight is 417 g/mol. The molecule has 2 aliphatic heterocycles. The van der Waals surface area contributed by atoms with Crippen molar-refractivity contribution in [1.82, 2.24) is 14.7 Å². The van der Waals surface area contributed by atoms with Gasteiger partial charge in [0.25, 0.3) is 0 Å². The molecule has 1 aromatic rings. The normalized spacial score (nSPS) is 21.3. The number of amides is 2. The molecule has 2 saturated heterocycles. The predicted octanol–water partition coefficient (Wildman–Crippen LogP) is 2.20. The predicted molar refractivity (Wildman–Crippen MR) is 115 cm³/mol. The highest BCUT2D eigenvalue weighted by atomic mass is 19.1. The standard InChI is InChI=1S/C23H33FN4O2/c24-20-7-3-4-8-21(20)26-13-15-28(16-14-26)23(30)18-25-9-11-27(12-10-25)22(29)17-19-5-1-2-6-19/h3-4,7-8,19H,1-2,5-6,9-18H2. The number of carbonyl (C=O) groups excluding carboxylic acids is 2. The Bertz CT molecular complexity index is 736. The molecule has 0 radical (unpaired) electrons. The number of anilines is 1. The van der Waals surface area contributed by atoms with Gasteiger partial charge in [0.1, 0.15) is 5.82 Å². The zero-order valence-electron chi connectivity index (χ0n) is 17.8. The minimum Gasteiger partial charge on any atom is -0.366 e. The van der Waals surface area contributed by atoms with Crippen molar-refractivity contribution in [2.75, 3.05) is 63.8 Å². The molecule has 3 aliphatic rings. The molecule has 3 fully saturated rings. The molecule has 7 heteroatoms. The lowest BCUT2D eigenvalue weighted by Gasteiger charge is -2.38. The minimum atomic E-state index is -0.211. The fraction of sp³-hybridized carbons (Fsp3) is 0.652. The van der Waals surface area contributed by atoms with Crippen LogP contribution in [0, 0.1) is 11.7 Å². The maximum absolute atomic E-state index is 14.0. The van der Waals surface area contributed by atoms with Crippen molar-refractivity contribution in [2.45, 2.75) is 32.1 Å². The first-order valence-corrected chi connectivity index (χ1v) is 11.4. The molecule has 2 amide bonds. The second kappa shape index (κ2) is 9.77. The molecule has 0 spiro atoms. The van der Waals surface area contributed by atoms with Gasteiger partial charge in [-0.1, -0.05) is 25.0 Å². The average Bonchev–Trinajstić information content (AvgIpc) is 3.28. The zero-order chi connectivity index (χ0) is 20.9. The first-order valence-electron chi connectivity index (χ1n) is 11.4. The van der Waals surface area contributed by atoms with E-state index in [0.29, 0.717) is 50.7 Å². The van der Waals surface area contributed by atoms with Gasteiger partial charge in [-0.2, -0.15) is 0 Å². The third kappa shape index (κ3) is 5.12. The number of nitrogens with zero attached hydrogens (tertiary/aromatic N) is 4. The van der Waals surface area contributed by atoms with E-state index in [9.17, 15) is 14.0 Å². The van der Waals surface area contributed by atoms with Gasteiger partial charge >= 0.3 is 0 Å². The summed E-state index contributed by atoms with van der Waals surface area (Å²) in [4.78, 5) is 33.3. The molecule has 30 heavy (non-hydrogen) atoms. The lowest BCUT2D eigenvalue weighted by atomic mass is 10.0. The van der Waals surface area contributed by atoms with Crippen molar-refractivity contribution in [1.29, 1.82) is 0 Å². The van der Waals surface area contributed by atoms with Crippen LogP contribution in [-0.4, -0.2) is 85.4 Å². The molecule has 0 N–H and O–H groups in total. The van der Waals surface area contributed by atoms with Crippen molar-refractivity contribution in [3.05, 3.63) is 30.1 Å². The number of piperazine rings is 2. The Kier molecular flexibility index (Phi) is 6.87. The molecule has 1 aromatic carbocycles. The van der Waals surface area contributed by atoms with Gasteiger partial charge in [-0.25, -0.2) is 4.39 Å². The van der Waals surface area contributed by atoms with E-state index in [1.54, 1.807) is 12.1 Å². The van der Waals surface area contributed by atoms with Gasteiger partial charge in [0.2, 0.25) is 11.8 Å². The van der Waals surface area contributed by atoms with E-state index in [1.807, 2.05) is 20.8 Å². The summed E-state index contributed by atoms with van der Waals surface area (Å²) in [5.74, 6) is 0.795. The van der Waals surface area contributed by atoms with Crippen LogP contribution in [0.5, 0.6) is 0 Å². The highest BCUT2D eigenvalue weighted by Gasteiger charge is 2.28. The van der Waals surface area contributed by atoms with E-state index in [0.717, 1.165) is 26.2 Å². The molecule has 0 aromatic heterocycles. The van der Waals surface area contributed by atoms with Gasteiger partial charge in [0.15, 0.2) is 0 Å². The highest BCUT2D eigenvalue weighted by Crippen LogP contribution is 2.28. The van der Waals surface area contributed by atoms with E-state index in [2.05, 4.69) is 4.90 Å². The third-order valence-electron chi connectivity index (χ3n) is 6.85. The summed E-state index contributed by atoms with van der Waals surface area (Å²) in [6, 6.07) is 6.81. The van der Waals surface area contributed by atoms with Crippen LogP contribution < -0.4 is 4.90 Å². The smallest absolute Gasteiger partial charge is 0.236 e. The van der Waals surface area contributed by atoms with Crippen LogP contribution in [0.15, 0.2) is 24.3 Å². The van der Waals surface area contributed by atoms with E-state index in [1.165, 1.54) is 31.7 Å². The fourth-order valence-electron chi connectivity index (χ4n) is 4.94. The van der Waals surface area contributed by atoms with Crippen molar-refractivity contribution in [3.8, 4) is 0 Å². The quantitative estimate of drug-likeness (QED) is 0.738.